The van der Waals surface area contributed by atoms with E-state index in [1.54, 1.807) is 0 Å². The molecule has 7 heteroatoms. The molecule has 31 heavy (non-hydrogen) atoms. The van der Waals surface area contributed by atoms with Crippen molar-refractivity contribution >= 4 is 23.4 Å². The van der Waals surface area contributed by atoms with Crippen molar-refractivity contribution in [1.29, 1.82) is 0 Å². The van der Waals surface area contributed by atoms with Crippen LogP contribution in [0.25, 0.3) is 0 Å². The van der Waals surface area contributed by atoms with Gasteiger partial charge in [-0.3, -0.25) is 9.69 Å². The molecule has 0 bridgehead atoms. The van der Waals surface area contributed by atoms with Crippen LogP contribution in [0.4, 0.5) is 5.69 Å². The van der Waals surface area contributed by atoms with Gasteiger partial charge in [0.05, 0.1) is 18.8 Å². The number of rotatable bonds is 8. The Kier molecular flexibility index (Phi) is 7.04. The number of anilines is 1. The average molecular weight is 436 g/mol. The number of amides is 1. The van der Waals surface area contributed by atoms with Gasteiger partial charge < -0.3 is 9.88 Å². The Morgan fingerprint density at radius 1 is 1.00 bits per heavy atom. The summed E-state index contributed by atoms with van der Waals surface area (Å²) < 4.78 is 2.16. The van der Waals surface area contributed by atoms with Crippen molar-refractivity contribution in [2.45, 2.75) is 44.9 Å². The Morgan fingerprint density at radius 2 is 1.71 bits per heavy atom. The van der Waals surface area contributed by atoms with Gasteiger partial charge in [0.2, 0.25) is 5.91 Å². The molecule has 1 N–H and O–H groups in total. The molecule has 1 saturated heterocycles. The fourth-order valence-electron chi connectivity index (χ4n) is 3.98. The molecule has 0 unspecified atom stereocenters. The van der Waals surface area contributed by atoms with Crippen LogP contribution in [0.15, 0.2) is 53.7 Å². The van der Waals surface area contributed by atoms with Gasteiger partial charge in [-0.2, -0.15) is 0 Å². The van der Waals surface area contributed by atoms with E-state index in [0.717, 1.165) is 47.4 Å². The summed E-state index contributed by atoms with van der Waals surface area (Å²) in [5.74, 6) is 1.22. The van der Waals surface area contributed by atoms with E-state index >= 15 is 0 Å². The lowest BCUT2D eigenvalue weighted by molar-refractivity contribution is -0.113. The van der Waals surface area contributed by atoms with Gasteiger partial charge in [-0.1, -0.05) is 48.2 Å². The summed E-state index contributed by atoms with van der Waals surface area (Å²) in [6.45, 7) is 7.79. The van der Waals surface area contributed by atoms with Crippen molar-refractivity contribution in [3.63, 3.8) is 0 Å². The van der Waals surface area contributed by atoms with Crippen LogP contribution in [0.5, 0.6) is 0 Å². The highest BCUT2D eigenvalue weighted by atomic mass is 32.2. The van der Waals surface area contributed by atoms with Gasteiger partial charge in [-0.05, 0) is 68.6 Å². The number of hydrogen-bond donors (Lipinski definition) is 1. The van der Waals surface area contributed by atoms with Gasteiger partial charge in [0.25, 0.3) is 0 Å². The maximum atomic E-state index is 12.6. The quantitative estimate of drug-likeness (QED) is 0.536. The lowest BCUT2D eigenvalue weighted by Crippen LogP contribution is -2.22. The summed E-state index contributed by atoms with van der Waals surface area (Å²) >= 11 is 1.44. The zero-order chi connectivity index (χ0) is 21.6. The summed E-state index contributed by atoms with van der Waals surface area (Å²) in [4.78, 5) is 15.0. The van der Waals surface area contributed by atoms with Crippen molar-refractivity contribution in [1.82, 2.24) is 19.7 Å². The molecule has 0 spiro atoms. The summed E-state index contributed by atoms with van der Waals surface area (Å²) in [5, 5.41) is 12.7. The van der Waals surface area contributed by atoms with E-state index in [1.807, 2.05) is 44.2 Å². The third-order valence-electron chi connectivity index (χ3n) is 5.38. The molecule has 0 radical (unpaired) electrons. The van der Waals surface area contributed by atoms with Crippen LogP contribution in [-0.2, 0) is 17.9 Å². The Hall–Kier alpha value is -2.64. The Bertz CT molecular complexity index is 1010. The SMILES string of the molecule is Cc1cc(C)cc(NC(=O)CSc2nnc(CN3CCCC3)n2Cc2ccccc2)c1. The van der Waals surface area contributed by atoms with E-state index < -0.39 is 0 Å². The van der Waals surface area contributed by atoms with Crippen molar-refractivity contribution in [3.05, 3.63) is 71.0 Å². The van der Waals surface area contributed by atoms with Gasteiger partial charge in [0, 0.05) is 5.69 Å². The van der Waals surface area contributed by atoms with Crippen LogP contribution in [0.2, 0.25) is 0 Å². The van der Waals surface area contributed by atoms with Crippen LogP contribution < -0.4 is 5.32 Å². The molecule has 0 aliphatic carbocycles. The number of aryl methyl sites for hydroxylation is 2. The standard InChI is InChI=1S/C24H29N5OS/c1-18-12-19(2)14-21(13-18)25-23(30)17-31-24-27-26-22(16-28-10-6-7-11-28)29(24)15-20-8-4-3-5-9-20/h3-5,8-9,12-14H,6-7,10-11,15-17H2,1-2H3,(H,25,30). The zero-order valence-electron chi connectivity index (χ0n) is 18.2. The molecule has 0 saturated carbocycles. The third kappa shape index (κ3) is 5.95. The van der Waals surface area contributed by atoms with Crippen LogP contribution in [0, 0.1) is 13.8 Å². The lowest BCUT2D eigenvalue weighted by Gasteiger charge is -2.16. The van der Waals surface area contributed by atoms with Gasteiger partial charge in [-0.25, -0.2) is 0 Å². The number of aromatic nitrogens is 3. The van der Waals surface area contributed by atoms with Crippen LogP contribution in [-0.4, -0.2) is 44.4 Å². The number of carbonyl (C=O) groups excluding carboxylic acids is 1. The van der Waals surface area contributed by atoms with E-state index in [9.17, 15) is 4.79 Å². The minimum Gasteiger partial charge on any atom is -0.325 e. The number of nitrogens with one attached hydrogen (secondary N) is 1. The monoisotopic (exact) mass is 435 g/mol. The number of benzene rings is 2. The Labute approximate surface area is 188 Å². The third-order valence-corrected chi connectivity index (χ3v) is 6.35. The van der Waals surface area contributed by atoms with Gasteiger partial charge in [0.1, 0.15) is 5.82 Å². The van der Waals surface area contributed by atoms with Crippen LogP contribution >= 0.6 is 11.8 Å². The number of nitrogens with zero attached hydrogens (tertiary/aromatic N) is 4. The molecule has 1 amide bonds. The Balaban J connectivity index is 1.46. The molecule has 0 atom stereocenters. The highest BCUT2D eigenvalue weighted by Gasteiger charge is 2.19. The van der Waals surface area contributed by atoms with Crippen LogP contribution in [0.3, 0.4) is 0 Å². The second-order valence-corrected chi connectivity index (χ2v) is 9.11. The normalized spacial score (nSPS) is 14.1. The number of thioether (sulfide) groups is 1. The smallest absolute Gasteiger partial charge is 0.234 e. The van der Waals surface area contributed by atoms with Crippen LogP contribution in [0.1, 0.15) is 35.4 Å². The van der Waals surface area contributed by atoms with Crippen molar-refractivity contribution in [2.75, 3.05) is 24.2 Å². The predicted octanol–water partition coefficient (Wildman–Crippen LogP) is 4.27. The first-order chi connectivity index (χ1) is 15.1. The second kappa shape index (κ2) is 10.1. The molecule has 1 aromatic heterocycles. The lowest BCUT2D eigenvalue weighted by atomic mass is 10.1. The largest absolute Gasteiger partial charge is 0.325 e. The van der Waals surface area contributed by atoms with E-state index in [2.05, 4.69) is 43.2 Å². The molecule has 162 valence electrons. The first-order valence-corrected chi connectivity index (χ1v) is 11.7. The maximum absolute atomic E-state index is 12.6. The maximum Gasteiger partial charge on any atom is 0.234 e. The predicted molar refractivity (Wildman–Crippen MR) is 125 cm³/mol. The molecular formula is C24H29N5OS. The van der Waals surface area contributed by atoms with E-state index in [0.29, 0.717) is 12.3 Å². The average Bonchev–Trinajstić information content (AvgIpc) is 3.37. The van der Waals surface area contributed by atoms with Gasteiger partial charge >= 0.3 is 0 Å². The molecule has 2 heterocycles. The zero-order valence-corrected chi connectivity index (χ0v) is 19.0. The molecule has 3 aromatic rings. The molecule has 1 fully saturated rings. The highest BCUT2D eigenvalue weighted by molar-refractivity contribution is 7.99. The first kappa shape index (κ1) is 21.6. The van der Waals surface area contributed by atoms with E-state index in [1.165, 1.54) is 30.2 Å². The van der Waals surface area contributed by atoms with E-state index in [-0.39, 0.29) is 5.91 Å². The number of carbonyl (C=O) groups is 1. The summed E-state index contributed by atoms with van der Waals surface area (Å²) in [6.07, 6.45) is 2.49. The molecule has 1 aliphatic rings. The number of hydrogen-bond acceptors (Lipinski definition) is 5. The summed E-state index contributed by atoms with van der Waals surface area (Å²) in [7, 11) is 0. The van der Waals surface area contributed by atoms with Crippen molar-refractivity contribution in [2.24, 2.45) is 0 Å². The molecule has 1 aliphatic heterocycles. The summed E-state index contributed by atoms with van der Waals surface area (Å²) in [6, 6.07) is 16.4. The molecular weight excluding hydrogens is 406 g/mol. The fraction of sp³-hybridized carbons (Fsp3) is 0.375. The molecule has 2 aromatic carbocycles. The van der Waals surface area contributed by atoms with Crippen molar-refractivity contribution < 1.29 is 4.79 Å². The number of likely N-dealkylation sites (tertiary alicyclic amines) is 1. The van der Waals surface area contributed by atoms with Gasteiger partial charge in [0.15, 0.2) is 5.16 Å². The Morgan fingerprint density at radius 3 is 2.42 bits per heavy atom. The highest BCUT2D eigenvalue weighted by Crippen LogP contribution is 2.22. The summed E-state index contributed by atoms with van der Waals surface area (Å²) in [5.41, 5.74) is 4.31. The van der Waals surface area contributed by atoms with Gasteiger partial charge in [-0.15, -0.1) is 10.2 Å². The topological polar surface area (TPSA) is 63.1 Å². The molecule has 6 nitrogen and oxygen atoms in total. The minimum atomic E-state index is -0.0367. The van der Waals surface area contributed by atoms with E-state index in [4.69, 9.17) is 0 Å². The molecule has 4 rings (SSSR count). The first-order valence-electron chi connectivity index (χ1n) is 10.8. The minimum absolute atomic E-state index is 0.0367. The van der Waals surface area contributed by atoms with Crippen molar-refractivity contribution in [3.8, 4) is 0 Å². The second-order valence-electron chi connectivity index (χ2n) is 8.17. The fourth-order valence-corrected chi connectivity index (χ4v) is 4.74.